The smallest absolute Gasteiger partial charge is 0.234 e. The quantitative estimate of drug-likeness (QED) is 0.566. The fourth-order valence-electron chi connectivity index (χ4n) is 2.15. The normalized spacial score (nSPS) is 13.6. The molecule has 6 nitrogen and oxygen atoms in total. The maximum atomic E-state index is 12.1. The van der Waals surface area contributed by atoms with E-state index in [1.54, 1.807) is 23.1 Å². The molecular formula is C15H14Cl2N4O2S2. The van der Waals surface area contributed by atoms with Crippen molar-refractivity contribution in [1.29, 1.82) is 0 Å². The van der Waals surface area contributed by atoms with Gasteiger partial charge in [0.15, 0.2) is 4.34 Å². The topological polar surface area (TPSA) is 75.2 Å². The van der Waals surface area contributed by atoms with Gasteiger partial charge in [-0.3, -0.25) is 14.5 Å². The number of benzene rings is 1. The summed E-state index contributed by atoms with van der Waals surface area (Å²) in [6.07, 6.45) is 1.98. The van der Waals surface area contributed by atoms with E-state index in [9.17, 15) is 9.59 Å². The minimum absolute atomic E-state index is 0.0384. The van der Waals surface area contributed by atoms with Gasteiger partial charge in [0.1, 0.15) is 0 Å². The highest BCUT2D eigenvalue weighted by atomic mass is 35.5. The van der Waals surface area contributed by atoms with Crippen molar-refractivity contribution in [1.82, 2.24) is 10.2 Å². The summed E-state index contributed by atoms with van der Waals surface area (Å²) in [4.78, 5) is 25.5. The lowest BCUT2D eigenvalue weighted by molar-refractivity contribution is -0.116. The fraction of sp³-hybridized carbons (Fsp3) is 0.333. The van der Waals surface area contributed by atoms with E-state index < -0.39 is 0 Å². The first-order valence-electron chi connectivity index (χ1n) is 7.45. The molecule has 1 aromatic carbocycles. The summed E-state index contributed by atoms with van der Waals surface area (Å²) in [5, 5.41) is 12.1. The highest BCUT2D eigenvalue weighted by Gasteiger charge is 2.34. The minimum Gasteiger partial charge on any atom is -0.324 e. The first kappa shape index (κ1) is 18.4. The van der Waals surface area contributed by atoms with Crippen LogP contribution in [0.5, 0.6) is 0 Å². The van der Waals surface area contributed by atoms with Gasteiger partial charge in [-0.05, 0) is 25.0 Å². The van der Waals surface area contributed by atoms with Gasteiger partial charge in [-0.25, -0.2) is 0 Å². The van der Waals surface area contributed by atoms with Gasteiger partial charge >= 0.3 is 0 Å². The van der Waals surface area contributed by atoms with Gasteiger partial charge in [0.25, 0.3) is 0 Å². The number of anilines is 2. The number of hydrogen-bond acceptors (Lipinski definition) is 6. The van der Waals surface area contributed by atoms with E-state index >= 15 is 0 Å². The summed E-state index contributed by atoms with van der Waals surface area (Å²) < 4.78 is 0.634. The summed E-state index contributed by atoms with van der Waals surface area (Å²) in [7, 11) is 0. The van der Waals surface area contributed by atoms with E-state index in [1.807, 2.05) is 0 Å². The zero-order valence-corrected chi connectivity index (χ0v) is 16.3. The molecule has 2 aromatic rings. The zero-order valence-electron chi connectivity index (χ0n) is 13.2. The van der Waals surface area contributed by atoms with Crippen LogP contribution in [0, 0.1) is 0 Å². The first-order chi connectivity index (χ1) is 12.0. The van der Waals surface area contributed by atoms with Gasteiger partial charge in [0, 0.05) is 13.0 Å². The van der Waals surface area contributed by atoms with Crippen molar-refractivity contribution in [2.45, 2.75) is 30.1 Å². The van der Waals surface area contributed by atoms with Crippen LogP contribution < -0.4 is 10.2 Å². The molecule has 3 rings (SSSR count). The van der Waals surface area contributed by atoms with Crippen molar-refractivity contribution in [3.8, 4) is 0 Å². The molecule has 10 heteroatoms. The number of carbonyl (C=O) groups excluding carboxylic acids is 2. The van der Waals surface area contributed by atoms with Crippen LogP contribution >= 0.6 is 46.3 Å². The number of aromatic nitrogens is 2. The van der Waals surface area contributed by atoms with Gasteiger partial charge in [0.2, 0.25) is 16.9 Å². The summed E-state index contributed by atoms with van der Waals surface area (Å²) in [6.45, 7) is 1.52. The molecule has 1 heterocycles. The number of hydrogen-bond donors (Lipinski definition) is 1. The lowest BCUT2D eigenvalue weighted by Crippen LogP contribution is -2.30. The fourth-order valence-corrected chi connectivity index (χ4v) is 4.26. The van der Waals surface area contributed by atoms with Crippen LogP contribution in [0.25, 0.3) is 0 Å². The molecule has 1 aromatic heterocycles. The van der Waals surface area contributed by atoms with Gasteiger partial charge < -0.3 is 5.32 Å². The van der Waals surface area contributed by atoms with Crippen LogP contribution in [0.4, 0.5) is 10.8 Å². The van der Waals surface area contributed by atoms with Gasteiger partial charge in [-0.15, -0.1) is 10.2 Å². The van der Waals surface area contributed by atoms with Crippen molar-refractivity contribution in [3.63, 3.8) is 0 Å². The van der Waals surface area contributed by atoms with Crippen LogP contribution in [0.3, 0.4) is 0 Å². The van der Waals surface area contributed by atoms with E-state index in [2.05, 4.69) is 15.5 Å². The second kappa shape index (κ2) is 7.90. The summed E-state index contributed by atoms with van der Waals surface area (Å²) in [5.74, 6) is -0.110. The Hall–Kier alpha value is -1.35. The summed E-state index contributed by atoms with van der Waals surface area (Å²) in [6, 6.07) is 5.27. The van der Waals surface area contributed by atoms with Gasteiger partial charge in [0.05, 0.1) is 21.5 Å². The molecule has 0 bridgehead atoms. The van der Waals surface area contributed by atoms with Crippen LogP contribution in [0.2, 0.25) is 10.0 Å². The number of thioether (sulfide) groups is 1. The van der Waals surface area contributed by atoms with Crippen molar-refractivity contribution < 1.29 is 9.59 Å². The molecule has 0 unspecified atom stereocenters. The van der Waals surface area contributed by atoms with E-state index in [1.165, 1.54) is 30.0 Å². The maximum absolute atomic E-state index is 12.1. The molecule has 0 radical (unpaired) electrons. The van der Waals surface area contributed by atoms with Crippen LogP contribution in [0.15, 0.2) is 22.5 Å². The Bertz CT molecular complexity index is 811. The van der Waals surface area contributed by atoms with Crippen LogP contribution in [-0.2, 0) is 9.59 Å². The highest BCUT2D eigenvalue weighted by molar-refractivity contribution is 8.01. The Morgan fingerprint density at radius 2 is 2.12 bits per heavy atom. The number of nitrogens with one attached hydrogen (secondary N) is 1. The second-order valence-electron chi connectivity index (χ2n) is 5.41. The largest absolute Gasteiger partial charge is 0.324 e. The van der Waals surface area contributed by atoms with E-state index in [0.717, 1.165) is 12.8 Å². The molecule has 0 aliphatic heterocycles. The van der Waals surface area contributed by atoms with Crippen molar-refractivity contribution >= 4 is 68.9 Å². The van der Waals surface area contributed by atoms with E-state index in [4.69, 9.17) is 23.2 Å². The molecule has 132 valence electrons. The molecule has 0 saturated heterocycles. The molecule has 1 N–H and O–H groups in total. The summed E-state index contributed by atoms with van der Waals surface area (Å²) >= 11 is 14.5. The molecule has 25 heavy (non-hydrogen) atoms. The average molecular weight is 417 g/mol. The second-order valence-corrected chi connectivity index (χ2v) is 8.37. The zero-order chi connectivity index (χ0) is 18.0. The Balaban J connectivity index is 1.57. The lowest BCUT2D eigenvalue weighted by atomic mass is 10.3. The first-order valence-corrected chi connectivity index (χ1v) is 10.0. The highest BCUT2D eigenvalue weighted by Crippen LogP contribution is 2.36. The number of nitrogens with zero attached hydrogens (tertiary/aromatic N) is 3. The third-order valence-electron chi connectivity index (χ3n) is 3.41. The SMILES string of the molecule is CC(=O)N(c1nnc(SCC(=O)Nc2cccc(Cl)c2Cl)s1)C1CC1. The summed E-state index contributed by atoms with van der Waals surface area (Å²) in [5.41, 5.74) is 0.467. The maximum Gasteiger partial charge on any atom is 0.234 e. The average Bonchev–Trinajstić information content (AvgIpc) is 3.27. The molecule has 0 spiro atoms. The van der Waals surface area contributed by atoms with E-state index in [-0.39, 0.29) is 23.6 Å². The van der Waals surface area contributed by atoms with Crippen LogP contribution in [-0.4, -0.2) is 33.8 Å². The molecule has 2 amide bonds. The monoisotopic (exact) mass is 416 g/mol. The molecule has 1 saturated carbocycles. The van der Waals surface area contributed by atoms with Crippen molar-refractivity contribution in [3.05, 3.63) is 28.2 Å². The number of amides is 2. The Morgan fingerprint density at radius 3 is 2.80 bits per heavy atom. The third-order valence-corrected chi connectivity index (χ3v) is 6.28. The predicted octanol–water partition coefficient (Wildman–Crippen LogP) is 4.09. The Labute approximate surface area is 162 Å². The minimum atomic E-state index is -0.225. The van der Waals surface area contributed by atoms with E-state index in [0.29, 0.717) is 25.2 Å². The Kier molecular flexibility index (Phi) is 5.83. The van der Waals surface area contributed by atoms with Gasteiger partial charge in [-0.1, -0.05) is 52.4 Å². The molecular weight excluding hydrogens is 403 g/mol. The Morgan fingerprint density at radius 1 is 1.36 bits per heavy atom. The molecule has 0 atom stereocenters. The van der Waals surface area contributed by atoms with Crippen molar-refractivity contribution in [2.24, 2.45) is 0 Å². The third kappa shape index (κ3) is 4.63. The van der Waals surface area contributed by atoms with Crippen LogP contribution in [0.1, 0.15) is 19.8 Å². The van der Waals surface area contributed by atoms with Crippen molar-refractivity contribution in [2.75, 3.05) is 16.0 Å². The lowest BCUT2D eigenvalue weighted by Gasteiger charge is -2.15. The standard InChI is InChI=1S/C15H14Cl2N4O2S2/c1-8(22)21(9-5-6-9)14-19-20-15(25-14)24-7-12(23)18-11-4-2-3-10(16)13(11)17/h2-4,9H,5-7H2,1H3,(H,18,23). The predicted molar refractivity (Wildman–Crippen MR) is 102 cm³/mol. The number of halogens is 2. The molecule has 1 aliphatic rings. The number of carbonyl (C=O) groups is 2. The molecule has 1 fully saturated rings. The molecule has 1 aliphatic carbocycles. The van der Waals surface area contributed by atoms with Gasteiger partial charge in [-0.2, -0.15) is 0 Å². The number of rotatable bonds is 6.